The number of rotatable bonds is 9. The molecule has 1 fully saturated rings. The van der Waals surface area contributed by atoms with Gasteiger partial charge in [-0.05, 0) is 44.0 Å². The van der Waals surface area contributed by atoms with E-state index in [-0.39, 0.29) is 5.41 Å². The van der Waals surface area contributed by atoms with E-state index in [1.807, 2.05) is 19.1 Å². The van der Waals surface area contributed by atoms with Crippen molar-refractivity contribution >= 4 is 0 Å². The van der Waals surface area contributed by atoms with Crippen molar-refractivity contribution in [1.82, 2.24) is 5.32 Å². The fourth-order valence-corrected chi connectivity index (χ4v) is 2.27. The molecule has 0 aromatic heterocycles. The number of benzene rings is 1. The predicted molar refractivity (Wildman–Crippen MR) is 82.4 cm³/mol. The summed E-state index contributed by atoms with van der Waals surface area (Å²) in [5, 5.41) is 12.2. The Morgan fingerprint density at radius 2 is 2.05 bits per heavy atom. The molecule has 4 nitrogen and oxygen atoms in total. The SMILES string of the molecule is CCNCc1ccc(OCC2(CC#N)CC2)c(OCC)c1. The zero-order valence-electron chi connectivity index (χ0n) is 12.9. The highest BCUT2D eigenvalue weighted by molar-refractivity contribution is 5.43. The van der Waals surface area contributed by atoms with Crippen LogP contribution in [0.2, 0.25) is 0 Å². The van der Waals surface area contributed by atoms with E-state index in [1.54, 1.807) is 0 Å². The minimum atomic E-state index is 0.0840. The van der Waals surface area contributed by atoms with Gasteiger partial charge in [-0.3, -0.25) is 0 Å². The van der Waals surface area contributed by atoms with Gasteiger partial charge < -0.3 is 14.8 Å². The molecule has 0 aliphatic heterocycles. The monoisotopic (exact) mass is 288 g/mol. The molecule has 0 saturated heterocycles. The molecule has 1 N–H and O–H groups in total. The van der Waals surface area contributed by atoms with Gasteiger partial charge in [0.2, 0.25) is 0 Å². The van der Waals surface area contributed by atoms with Gasteiger partial charge in [-0.2, -0.15) is 5.26 Å². The average Bonchev–Trinajstić information content (AvgIpc) is 3.25. The molecule has 1 saturated carbocycles. The third-order valence-corrected chi connectivity index (χ3v) is 3.83. The normalized spacial score (nSPS) is 15.3. The second-order valence-electron chi connectivity index (χ2n) is 5.62. The summed E-state index contributed by atoms with van der Waals surface area (Å²) in [4.78, 5) is 0. The minimum Gasteiger partial charge on any atom is -0.490 e. The number of hydrogen-bond acceptors (Lipinski definition) is 4. The lowest BCUT2D eigenvalue weighted by Crippen LogP contribution is -2.14. The Balaban J connectivity index is 2.02. The third-order valence-electron chi connectivity index (χ3n) is 3.83. The molecule has 0 amide bonds. The topological polar surface area (TPSA) is 54.3 Å². The summed E-state index contributed by atoms with van der Waals surface area (Å²) in [7, 11) is 0. The molecule has 0 heterocycles. The molecule has 1 aliphatic carbocycles. The van der Waals surface area contributed by atoms with Gasteiger partial charge in [0.25, 0.3) is 0 Å². The van der Waals surface area contributed by atoms with Crippen LogP contribution in [0.4, 0.5) is 0 Å². The van der Waals surface area contributed by atoms with E-state index in [0.717, 1.165) is 37.4 Å². The van der Waals surface area contributed by atoms with Crippen molar-refractivity contribution < 1.29 is 9.47 Å². The van der Waals surface area contributed by atoms with E-state index in [4.69, 9.17) is 14.7 Å². The molecule has 21 heavy (non-hydrogen) atoms. The minimum absolute atomic E-state index is 0.0840. The molecular weight excluding hydrogens is 264 g/mol. The molecule has 114 valence electrons. The van der Waals surface area contributed by atoms with Gasteiger partial charge in [0, 0.05) is 18.4 Å². The number of nitriles is 1. The molecule has 1 aromatic carbocycles. The summed E-state index contributed by atoms with van der Waals surface area (Å²) < 4.78 is 11.6. The second-order valence-corrected chi connectivity index (χ2v) is 5.62. The zero-order valence-corrected chi connectivity index (χ0v) is 12.9. The highest BCUT2D eigenvalue weighted by Gasteiger charge is 2.43. The van der Waals surface area contributed by atoms with Gasteiger partial charge in [-0.1, -0.05) is 13.0 Å². The molecule has 0 bridgehead atoms. The largest absolute Gasteiger partial charge is 0.490 e. The number of ether oxygens (including phenoxy) is 2. The van der Waals surface area contributed by atoms with Gasteiger partial charge in [-0.25, -0.2) is 0 Å². The summed E-state index contributed by atoms with van der Waals surface area (Å²) in [6.07, 6.45) is 2.75. The summed E-state index contributed by atoms with van der Waals surface area (Å²) in [6.45, 7) is 7.05. The Kier molecular flexibility index (Phi) is 5.46. The van der Waals surface area contributed by atoms with Crippen molar-refractivity contribution in [2.75, 3.05) is 19.8 Å². The van der Waals surface area contributed by atoms with Crippen LogP contribution in [0.15, 0.2) is 18.2 Å². The van der Waals surface area contributed by atoms with Crippen LogP contribution in [-0.2, 0) is 6.54 Å². The van der Waals surface area contributed by atoms with Crippen molar-refractivity contribution in [3.63, 3.8) is 0 Å². The molecule has 1 aromatic rings. The van der Waals surface area contributed by atoms with Crippen molar-refractivity contribution in [2.45, 2.75) is 39.7 Å². The molecule has 2 rings (SSSR count). The highest BCUT2D eigenvalue weighted by Crippen LogP contribution is 2.49. The van der Waals surface area contributed by atoms with Crippen LogP contribution in [0, 0.1) is 16.7 Å². The van der Waals surface area contributed by atoms with Crippen LogP contribution in [0.25, 0.3) is 0 Å². The molecule has 1 aliphatic rings. The van der Waals surface area contributed by atoms with Crippen molar-refractivity contribution in [2.24, 2.45) is 5.41 Å². The first kappa shape index (κ1) is 15.7. The summed E-state index contributed by atoms with van der Waals surface area (Å²) in [5.74, 6) is 1.57. The van der Waals surface area contributed by atoms with Crippen molar-refractivity contribution in [1.29, 1.82) is 5.26 Å². The first-order chi connectivity index (χ1) is 10.2. The van der Waals surface area contributed by atoms with Crippen molar-refractivity contribution in [3.8, 4) is 17.6 Å². The van der Waals surface area contributed by atoms with Gasteiger partial charge in [0.1, 0.15) is 0 Å². The molecule has 0 unspecified atom stereocenters. The van der Waals surface area contributed by atoms with E-state index in [9.17, 15) is 0 Å². The Morgan fingerprint density at radius 3 is 2.67 bits per heavy atom. The molecule has 0 radical (unpaired) electrons. The first-order valence-electron chi connectivity index (χ1n) is 7.69. The van der Waals surface area contributed by atoms with Crippen molar-refractivity contribution in [3.05, 3.63) is 23.8 Å². The maximum absolute atomic E-state index is 8.86. The maximum Gasteiger partial charge on any atom is 0.161 e. The molecule has 0 spiro atoms. The van der Waals surface area contributed by atoms with Gasteiger partial charge in [0.15, 0.2) is 11.5 Å². The van der Waals surface area contributed by atoms with Crippen LogP contribution in [0.5, 0.6) is 11.5 Å². The lowest BCUT2D eigenvalue weighted by Gasteiger charge is -2.16. The quantitative estimate of drug-likeness (QED) is 0.757. The van der Waals surface area contributed by atoms with E-state index < -0.39 is 0 Å². The number of nitrogens with zero attached hydrogens (tertiary/aromatic N) is 1. The predicted octanol–water partition coefficient (Wildman–Crippen LogP) is 3.27. The Hall–Kier alpha value is -1.73. The smallest absolute Gasteiger partial charge is 0.161 e. The second kappa shape index (κ2) is 7.33. The van der Waals surface area contributed by atoms with E-state index in [2.05, 4.69) is 24.4 Å². The Morgan fingerprint density at radius 1 is 1.24 bits per heavy atom. The summed E-state index contributed by atoms with van der Waals surface area (Å²) in [5.41, 5.74) is 1.27. The van der Waals surface area contributed by atoms with Crippen LogP contribution < -0.4 is 14.8 Å². The first-order valence-corrected chi connectivity index (χ1v) is 7.69. The highest BCUT2D eigenvalue weighted by atomic mass is 16.5. The summed E-state index contributed by atoms with van der Waals surface area (Å²) >= 11 is 0. The Bertz CT molecular complexity index is 504. The van der Waals surface area contributed by atoms with Crippen LogP contribution in [0.1, 0.15) is 38.7 Å². The van der Waals surface area contributed by atoms with Gasteiger partial charge in [-0.15, -0.1) is 0 Å². The van der Waals surface area contributed by atoms with Crippen LogP contribution >= 0.6 is 0 Å². The molecule has 0 atom stereocenters. The molecule has 4 heteroatoms. The molecular formula is C17H24N2O2. The lowest BCUT2D eigenvalue weighted by molar-refractivity contribution is 0.221. The average molecular weight is 288 g/mol. The summed E-state index contributed by atoms with van der Waals surface area (Å²) in [6, 6.07) is 8.32. The van der Waals surface area contributed by atoms with Gasteiger partial charge in [0.05, 0.1) is 19.3 Å². The third kappa shape index (κ3) is 4.37. The van der Waals surface area contributed by atoms with E-state index in [1.165, 1.54) is 5.56 Å². The lowest BCUT2D eigenvalue weighted by atomic mass is 10.1. The van der Waals surface area contributed by atoms with E-state index >= 15 is 0 Å². The van der Waals surface area contributed by atoms with E-state index in [0.29, 0.717) is 19.6 Å². The standard InChI is InChI=1S/C17H24N2O2/c1-3-19-12-14-5-6-15(16(11-14)20-4-2)21-13-17(7-8-17)9-10-18/h5-6,11,19H,3-4,7-9,12-13H2,1-2H3. The van der Waals surface area contributed by atoms with Crippen LogP contribution in [0.3, 0.4) is 0 Å². The Labute approximate surface area is 127 Å². The number of nitrogens with one attached hydrogen (secondary N) is 1. The fraction of sp³-hybridized carbons (Fsp3) is 0.588. The number of hydrogen-bond donors (Lipinski definition) is 1. The maximum atomic E-state index is 8.86. The fourth-order valence-electron chi connectivity index (χ4n) is 2.27. The van der Waals surface area contributed by atoms with Gasteiger partial charge >= 0.3 is 0 Å². The van der Waals surface area contributed by atoms with Crippen LogP contribution in [-0.4, -0.2) is 19.8 Å². The zero-order chi connectivity index (χ0) is 15.1.